The zero-order chi connectivity index (χ0) is 7.56. The molecular formula is C4H6N2O4. The lowest BCUT2D eigenvalue weighted by molar-refractivity contribution is -0.146. The summed E-state index contributed by atoms with van der Waals surface area (Å²) in [5, 5.41) is 9.37. The van der Waals surface area contributed by atoms with Crippen molar-refractivity contribution in [1.82, 2.24) is 10.6 Å². The quantitative estimate of drug-likeness (QED) is 0.486. The summed E-state index contributed by atoms with van der Waals surface area (Å²) in [6.07, 6.45) is 0. The van der Waals surface area contributed by atoms with Crippen LogP contribution in [0.25, 0.3) is 0 Å². The first-order valence-corrected chi connectivity index (χ1v) is 2.60. The highest BCUT2D eigenvalue weighted by molar-refractivity contribution is 5.74. The highest BCUT2D eigenvalue weighted by Crippen LogP contribution is 1.92. The maximum Gasteiger partial charge on any atom is 0.342 e. The molecule has 1 rings (SSSR count). The Labute approximate surface area is 56.3 Å². The molecule has 2 N–H and O–H groups in total. The fraction of sp³-hybridized carbons (Fsp3) is 0.500. The Morgan fingerprint density at radius 1 is 1.90 bits per heavy atom. The zero-order valence-electron chi connectivity index (χ0n) is 5.03. The standard InChI is InChI=1S/C4H6N2O4/c7-3(8)1-6-2-4(9)10-5-6/h5H,1-2H2,(H,7,8). The van der Waals surface area contributed by atoms with Gasteiger partial charge in [-0.25, -0.2) is 4.79 Å². The summed E-state index contributed by atoms with van der Waals surface area (Å²) in [4.78, 5) is 24.6. The van der Waals surface area contributed by atoms with Crippen LogP contribution in [0.2, 0.25) is 0 Å². The highest BCUT2D eigenvalue weighted by atomic mass is 16.7. The first kappa shape index (κ1) is 6.97. The molecule has 0 amide bonds. The molecule has 56 valence electrons. The third-order valence-electron chi connectivity index (χ3n) is 0.935. The van der Waals surface area contributed by atoms with Gasteiger partial charge in [-0.15, -0.1) is 0 Å². The topological polar surface area (TPSA) is 78.9 Å². The Hall–Kier alpha value is -1.14. The van der Waals surface area contributed by atoms with Gasteiger partial charge in [0.25, 0.3) is 0 Å². The van der Waals surface area contributed by atoms with E-state index >= 15 is 0 Å². The van der Waals surface area contributed by atoms with Gasteiger partial charge in [-0.2, -0.15) is 5.01 Å². The number of hydrogen-bond acceptors (Lipinski definition) is 5. The van der Waals surface area contributed by atoms with Crippen LogP contribution in [0.3, 0.4) is 0 Å². The van der Waals surface area contributed by atoms with Gasteiger partial charge in [0.05, 0.1) is 0 Å². The molecule has 0 radical (unpaired) electrons. The van der Waals surface area contributed by atoms with E-state index < -0.39 is 11.9 Å². The number of carboxylic acids is 1. The predicted molar refractivity (Wildman–Crippen MR) is 28.4 cm³/mol. The van der Waals surface area contributed by atoms with E-state index in [1.165, 1.54) is 0 Å². The Morgan fingerprint density at radius 3 is 3.00 bits per heavy atom. The molecular weight excluding hydrogens is 140 g/mol. The molecule has 1 aliphatic heterocycles. The van der Waals surface area contributed by atoms with E-state index in [0.29, 0.717) is 0 Å². The molecule has 1 fully saturated rings. The molecule has 0 aromatic carbocycles. The minimum absolute atomic E-state index is 0.0215. The van der Waals surface area contributed by atoms with Crippen molar-refractivity contribution in [2.45, 2.75) is 0 Å². The second-order valence-electron chi connectivity index (χ2n) is 1.82. The molecule has 10 heavy (non-hydrogen) atoms. The van der Waals surface area contributed by atoms with Gasteiger partial charge in [0, 0.05) is 0 Å². The Balaban J connectivity index is 2.31. The molecule has 0 aliphatic carbocycles. The molecule has 0 saturated carbocycles. The van der Waals surface area contributed by atoms with Gasteiger partial charge in [0.2, 0.25) is 0 Å². The minimum atomic E-state index is -1.01. The molecule has 0 bridgehead atoms. The smallest absolute Gasteiger partial charge is 0.342 e. The number of carboxylic acid groups (broad SMARTS) is 1. The molecule has 6 heteroatoms. The Morgan fingerprint density at radius 2 is 2.60 bits per heavy atom. The number of rotatable bonds is 2. The Bertz CT molecular complexity index is 169. The number of nitrogens with zero attached hydrogens (tertiary/aromatic N) is 1. The molecule has 6 nitrogen and oxygen atoms in total. The second-order valence-corrected chi connectivity index (χ2v) is 1.82. The third kappa shape index (κ3) is 1.67. The van der Waals surface area contributed by atoms with E-state index in [4.69, 9.17) is 5.11 Å². The van der Waals surface area contributed by atoms with Gasteiger partial charge in [-0.3, -0.25) is 4.79 Å². The number of nitrogens with one attached hydrogen (secondary N) is 1. The molecule has 0 aromatic heterocycles. The van der Waals surface area contributed by atoms with Crippen LogP contribution in [0.4, 0.5) is 0 Å². The van der Waals surface area contributed by atoms with Crippen LogP contribution in [-0.2, 0) is 14.4 Å². The molecule has 0 aromatic rings. The second kappa shape index (κ2) is 2.63. The van der Waals surface area contributed by atoms with Crippen LogP contribution in [0.5, 0.6) is 0 Å². The van der Waals surface area contributed by atoms with Crippen LogP contribution in [0.1, 0.15) is 0 Å². The van der Waals surface area contributed by atoms with Crippen molar-refractivity contribution in [2.75, 3.05) is 13.1 Å². The SMILES string of the molecule is O=C(O)CN1CC(=O)ON1. The molecule has 1 saturated heterocycles. The van der Waals surface area contributed by atoms with Gasteiger partial charge in [-0.1, -0.05) is 5.59 Å². The lowest BCUT2D eigenvalue weighted by atomic mass is 10.6. The Kier molecular flexibility index (Phi) is 1.83. The molecule has 1 aliphatic rings. The lowest BCUT2D eigenvalue weighted by Gasteiger charge is -2.05. The summed E-state index contributed by atoms with van der Waals surface area (Å²) in [5.41, 5.74) is 2.14. The molecule has 0 spiro atoms. The number of carbonyl (C=O) groups excluding carboxylic acids is 1. The van der Waals surface area contributed by atoms with Crippen molar-refractivity contribution in [1.29, 1.82) is 0 Å². The minimum Gasteiger partial charge on any atom is -0.480 e. The van der Waals surface area contributed by atoms with Crippen LogP contribution in [0.15, 0.2) is 0 Å². The summed E-state index contributed by atoms with van der Waals surface area (Å²) < 4.78 is 0. The zero-order valence-corrected chi connectivity index (χ0v) is 5.03. The van der Waals surface area contributed by atoms with Crippen LogP contribution < -0.4 is 5.59 Å². The van der Waals surface area contributed by atoms with Crippen LogP contribution in [-0.4, -0.2) is 35.1 Å². The normalized spacial score (nSPS) is 19.0. The summed E-state index contributed by atoms with van der Waals surface area (Å²) in [7, 11) is 0. The van der Waals surface area contributed by atoms with E-state index in [2.05, 4.69) is 10.4 Å². The average molecular weight is 146 g/mol. The lowest BCUT2D eigenvalue weighted by Crippen LogP contribution is -2.34. The average Bonchev–Trinajstić information content (AvgIpc) is 2.13. The van der Waals surface area contributed by atoms with Crippen molar-refractivity contribution in [3.63, 3.8) is 0 Å². The third-order valence-corrected chi connectivity index (χ3v) is 0.935. The van der Waals surface area contributed by atoms with Crippen molar-refractivity contribution in [2.24, 2.45) is 0 Å². The van der Waals surface area contributed by atoms with Gasteiger partial charge in [-0.05, 0) is 0 Å². The van der Waals surface area contributed by atoms with Gasteiger partial charge < -0.3 is 9.94 Å². The van der Waals surface area contributed by atoms with Gasteiger partial charge in [0.15, 0.2) is 0 Å². The van der Waals surface area contributed by atoms with E-state index in [1.807, 2.05) is 0 Å². The van der Waals surface area contributed by atoms with Crippen LogP contribution in [0, 0.1) is 0 Å². The number of carbonyl (C=O) groups is 2. The van der Waals surface area contributed by atoms with Crippen molar-refractivity contribution in [3.05, 3.63) is 0 Å². The summed E-state index contributed by atoms with van der Waals surface area (Å²) in [6, 6.07) is 0. The molecule has 0 unspecified atom stereocenters. The van der Waals surface area contributed by atoms with Crippen molar-refractivity contribution >= 4 is 11.9 Å². The van der Waals surface area contributed by atoms with E-state index in [1.54, 1.807) is 0 Å². The first-order valence-electron chi connectivity index (χ1n) is 2.60. The largest absolute Gasteiger partial charge is 0.480 e. The van der Waals surface area contributed by atoms with E-state index in [0.717, 1.165) is 5.01 Å². The summed E-state index contributed by atoms with van der Waals surface area (Å²) in [5.74, 6) is -1.48. The molecule has 0 atom stereocenters. The van der Waals surface area contributed by atoms with Gasteiger partial charge >= 0.3 is 11.9 Å². The van der Waals surface area contributed by atoms with Crippen molar-refractivity contribution < 1.29 is 19.5 Å². The van der Waals surface area contributed by atoms with Crippen LogP contribution >= 0.6 is 0 Å². The molecule has 1 heterocycles. The van der Waals surface area contributed by atoms with E-state index in [-0.39, 0.29) is 13.1 Å². The summed E-state index contributed by atoms with van der Waals surface area (Å²) in [6.45, 7) is -0.266. The first-order chi connectivity index (χ1) is 4.68. The maximum atomic E-state index is 10.3. The highest BCUT2D eigenvalue weighted by Gasteiger charge is 2.22. The monoisotopic (exact) mass is 146 g/mol. The predicted octanol–water partition coefficient (Wildman–Crippen LogP) is -1.65. The number of hydrogen-bond donors (Lipinski definition) is 2. The fourth-order valence-corrected chi connectivity index (χ4v) is 0.587. The number of aliphatic carboxylic acids is 1. The van der Waals surface area contributed by atoms with Crippen molar-refractivity contribution in [3.8, 4) is 0 Å². The fourth-order valence-electron chi connectivity index (χ4n) is 0.587. The van der Waals surface area contributed by atoms with E-state index in [9.17, 15) is 9.59 Å². The van der Waals surface area contributed by atoms with Gasteiger partial charge in [0.1, 0.15) is 13.1 Å². The number of hydrazine groups is 1. The summed E-state index contributed by atoms with van der Waals surface area (Å²) >= 11 is 0. The maximum absolute atomic E-state index is 10.3.